The SMILES string of the molecule is CC(C)[C@H](c1nc2cc(Cl)ccc2c(=O)n1Cc1ccccc1)N1C(=O)c2ccccc2C1=O. The molecule has 0 fully saturated rings. The zero-order valence-corrected chi connectivity index (χ0v) is 19.5. The molecular weight excluding hydrogens is 450 g/mol. The molecule has 1 aliphatic rings. The normalized spacial score (nSPS) is 14.2. The minimum Gasteiger partial charge on any atom is -0.290 e. The molecule has 5 rings (SSSR count). The molecule has 170 valence electrons. The van der Waals surface area contributed by atoms with E-state index < -0.39 is 6.04 Å². The van der Waals surface area contributed by atoms with Gasteiger partial charge >= 0.3 is 0 Å². The Morgan fingerprint density at radius 2 is 1.47 bits per heavy atom. The van der Waals surface area contributed by atoms with Crippen molar-refractivity contribution in [2.75, 3.05) is 0 Å². The molecule has 0 bridgehead atoms. The summed E-state index contributed by atoms with van der Waals surface area (Å²) >= 11 is 6.20. The Bertz CT molecular complexity index is 1460. The molecular formula is C27H22ClN3O3. The lowest BCUT2D eigenvalue weighted by atomic mass is 10.0. The van der Waals surface area contributed by atoms with E-state index in [-0.39, 0.29) is 29.8 Å². The third kappa shape index (κ3) is 3.60. The van der Waals surface area contributed by atoms with E-state index in [0.717, 1.165) is 5.56 Å². The third-order valence-corrected chi connectivity index (χ3v) is 6.37. The second-order valence-corrected chi connectivity index (χ2v) is 9.16. The molecule has 0 unspecified atom stereocenters. The summed E-state index contributed by atoms with van der Waals surface area (Å²) in [6.45, 7) is 4.08. The number of imide groups is 1. The number of hydrogen-bond donors (Lipinski definition) is 0. The van der Waals surface area contributed by atoms with Crippen LogP contribution < -0.4 is 5.56 Å². The van der Waals surface area contributed by atoms with Gasteiger partial charge in [0.1, 0.15) is 11.9 Å². The van der Waals surface area contributed by atoms with Crippen molar-refractivity contribution in [3.63, 3.8) is 0 Å². The Balaban J connectivity index is 1.75. The van der Waals surface area contributed by atoms with Crippen molar-refractivity contribution < 1.29 is 9.59 Å². The molecule has 34 heavy (non-hydrogen) atoms. The number of benzene rings is 3. The maximum Gasteiger partial charge on any atom is 0.262 e. The van der Waals surface area contributed by atoms with Gasteiger partial charge in [-0.25, -0.2) is 4.98 Å². The Kier molecular flexibility index (Phi) is 5.54. The van der Waals surface area contributed by atoms with Crippen LogP contribution in [0.3, 0.4) is 0 Å². The minimum atomic E-state index is -0.743. The van der Waals surface area contributed by atoms with Gasteiger partial charge in [0.15, 0.2) is 0 Å². The average Bonchev–Trinajstić information content (AvgIpc) is 3.07. The first kappa shape index (κ1) is 22.0. The molecule has 0 radical (unpaired) electrons. The van der Waals surface area contributed by atoms with Crippen molar-refractivity contribution >= 4 is 34.3 Å². The van der Waals surface area contributed by atoms with Gasteiger partial charge in [-0.1, -0.05) is 67.9 Å². The smallest absolute Gasteiger partial charge is 0.262 e. The van der Waals surface area contributed by atoms with Gasteiger partial charge in [-0.15, -0.1) is 0 Å². The standard InChI is InChI=1S/C27H22ClN3O3/c1-16(2)23(31-26(33)19-10-6-7-11-20(19)27(31)34)24-29-22-14-18(28)12-13-21(22)25(32)30(24)15-17-8-4-3-5-9-17/h3-14,16,23H,15H2,1-2H3/t23-/m1/s1. The molecule has 7 heteroatoms. The molecule has 1 atom stereocenters. The fourth-order valence-electron chi connectivity index (χ4n) is 4.53. The maximum atomic E-state index is 13.7. The highest BCUT2D eigenvalue weighted by atomic mass is 35.5. The zero-order valence-electron chi connectivity index (χ0n) is 18.7. The van der Waals surface area contributed by atoms with E-state index in [0.29, 0.717) is 32.9 Å². The molecule has 1 aromatic heterocycles. The number of fused-ring (bicyclic) bond motifs is 2. The van der Waals surface area contributed by atoms with E-state index in [9.17, 15) is 14.4 Å². The molecule has 0 saturated heterocycles. The van der Waals surface area contributed by atoms with Crippen molar-refractivity contribution in [1.82, 2.24) is 14.5 Å². The summed E-state index contributed by atoms with van der Waals surface area (Å²) in [5.74, 6) is -0.613. The van der Waals surface area contributed by atoms with Gasteiger partial charge in [-0.3, -0.25) is 23.9 Å². The van der Waals surface area contributed by atoms with E-state index in [1.165, 1.54) is 4.90 Å². The summed E-state index contributed by atoms with van der Waals surface area (Å²) in [7, 11) is 0. The summed E-state index contributed by atoms with van der Waals surface area (Å²) in [6.07, 6.45) is 0. The lowest BCUT2D eigenvalue weighted by molar-refractivity contribution is 0.0524. The number of carbonyl (C=O) groups excluding carboxylic acids is 2. The molecule has 6 nitrogen and oxygen atoms in total. The number of carbonyl (C=O) groups is 2. The van der Waals surface area contributed by atoms with Gasteiger partial charge in [-0.05, 0) is 41.8 Å². The molecule has 2 heterocycles. The largest absolute Gasteiger partial charge is 0.290 e. The first-order valence-electron chi connectivity index (χ1n) is 11.1. The van der Waals surface area contributed by atoms with Crippen LogP contribution in [0, 0.1) is 5.92 Å². The molecule has 0 saturated carbocycles. The van der Waals surface area contributed by atoms with Gasteiger partial charge in [0.2, 0.25) is 0 Å². The predicted molar refractivity (Wildman–Crippen MR) is 131 cm³/mol. The molecule has 1 aliphatic heterocycles. The van der Waals surface area contributed by atoms with Crippen molar-refractivity contribution in [3.05, 3.63) is 111 Å². The molecule has 4 aromatic rings. The molecule has 0 spiro atoms. The van der Waals surface area contributed by atoms with Gasteiger partial charge in [-0.2, -0.15) is 0 Å². The first-order valence-corrected chi connectivity index (χ1v) is 11.5. The third-order valence-electron chi connectivity index (χ3n) is 6.13. The van der Waals surface area contributed by atoms with Crippen LogP contribution in [-0.4, -0.2) is 26.3 Å². The quantitative estimate of drug-likeness (QED) is 0.380. The second-order valence-electron chi connectivity index (χ2n) is 8.72. The molecule has 2 amide bonds. The number of aromatic nitrogens is 2. The highest BCUT2D eigenvalue weighted by Crippen LogP contribution is 2.35. The highest BCUT2D eigenvalue weighted by molar-refractivity contribution is 6.31. The Labute approximate surface area is 201 Å². The van der Waals surface area contributed by atoms with Crippen LogP contribution in [0.2, 0.25) is 5.02 Å². The lowest BCUT2D eigenvalue weighted by Crippen LogP contribution is -2.41. The number of halogens is 1. The molecule has 3 aromatic carbocycles. The van der Waals surface area contributed by atoms with E-state index in [1.807, 2.05) is 44.2 Å². The number of hydrogen-bond acceptors (Lipinski definition) is 4. The van der Waals surface area contributed by atoms with Crippen molar-refractivity contribution in [1.29, 1.82) is 0 Å². The summed E-state index contributed by atoms with van der Waals surface area (Å²) < 4.78 is 1.57. The molecule has 0 aliphatic carbocycles. The van der Waals surface area contributed by atoms with E-state index in [2.05, 4.69) is 0 Å². The summed E-state index contributed by atoms with van der Waals surface area (Å²) in [5.41, 5.74) is 1.81. The first-order chi connectivity index (χ1) is 16.4. The fourth-order valence-corrected chi connectivity index (χ4v) is 4.69. The van der Waals surface area contributed by atoms with Crippen LogP contribution in [0.1, 0.15) is 52.0 Å². The molecule has 0 N–H and O–H groups in total. The second kappa shape index (κ2) is 8.54. The van der Waals surface area contributed by atoms with E-state index in [1.54, 1.807) is 47.0 Å². The summed E-state index contributed by atoms with van der Waals surface area (Å²) in [6, 6.07) is 20.5. The predicted octanol–water partition coefficient (Wildman–Crippen LogP) is 5.09. The Hall–Kier alpha value is -3.77. The van der Waals surface area contributed by atoms with Gasteiger partial charge in [0.25, 0.3) is 17.4 Å². The summed E-state index contributed by atoms with van der Waals surface area (Å²) in [4.78, 5) is 46.5. The lowest BCUT2D eigenvalue weighted by Gasteiger charge is -2.31. The van der Waals surface area contributed by atoms with E-state index in [4.69, 9.17) is 16.6 Å². The monoisotopic (exact) mass is 471 g/mol. The Morgan fingerprint density at radius 3 is 2.09 bits per heavy atom. The van der Waals surface area contributed by atoms with Crippen molar-refractivity contribution in [2.45, 2.75) is 26.4 Å². The van der Waals surface area contributed by atoms with Crippen molar-refractivity contribution in [3.8, 4) is 0 Å². The van der Waals surface area contributed by atoms with Crippen LogP contribution in [-0.2, 0) is 6.54 Å². The number of rotatable bonds is 5. The van der Waals surface area contributed by atoms with Gasteiger partial charge in [0, 0.05) is 5.02 Å². The van der Waals surface area contributed by atoms with Crippen LogP contribution in [0.25, 0.3) is 10.9 Å². The number of amides is 2. The highest BCUT2D eigenvalue weighted by Gasteiger charge is 2.43. The Morgan fingerprint density at radius 1 is 0.853 bits per heavy atom. The maximum absolute atomic E-state index is 13.7. The van der Waals surface area contributed by atoms with Crippen LogP contribution in [0.4, 0.5) is 0 Å². The van der Waals surface area contributed by atoms with Crippen molar-refractivity contribution in [2.24, 2.45) is 5.92 Å². The summed E-state index contributed by atoms with van der Waals surface area (Å²) in [5, 5.41) is 0.877. The zero-order chi connectivity index (χ0) is 24.0. The van der Waals surface area contributed by atoms with Gasteiger partial charge in [0.05, 0.1) is 28.6 Å². The average molecular weight is 472 g/mol. The van der Waals surface area contributed by atoms with Crippen LogP contribution >= 0.6 is 11.6 Å². The topological polar surface area (TPSA) is 72.3 Å². The van der Waals surface area contributed by atoms with E-state index >= 15 is 0 Å². The van der Waals surface area contributed by atoms with Crippen LogP contribution in [0.15, 0.2) is 77.6 Å². The number of nitrogens with zero attached hydrogens (tertiary/aromatic N) is 3. The van der Waals surface area contributed by atoms with Gasteiger partial charge < -0.3 is 0 Å². The fraction of sp³-hybridized carbons (Fsp3) is 0.185. The van der Waals surface area contributed by atoms with Crippen LogP contribution in [0.5, 0.6) is 0 Å². The minimum absolute atomic E-state index is 0.201.